The summed E-state index contributed by atoms with van der Waals surface area (Å²) < 4.78 is 11.3. The minimum atomic E-state index is -0.467. The van der Waals surface area contributed by atoms with Crippen molar-refractivity contribution in [3.8, 4) is 17.6 Å². The summed E-state index contributed by atoms with van der Waals surface area (Å²) in [6.07, 6.45) is 6.40. The molecule has 0 spiro atoms. The second-order valence-electron chi connectivity index (χ2n) is 7.51. The summed E-state index contributed by atoms with van der Waals surface area (Å²) in [5, 5.41) is 9.60. The van der Waals surface area contributed by atoms with Gasteiger partial charge in [0.1, 0.15) is 11.6 Å². The number of nitrogens with zero attached hydrogens (tertiary/aromatic N) is 2. The molecule has 30 heavy (non-hydrogen) atoms. The van der Waals surface area contributed by atoms with Crippen molar-refractivity contribution in [3.05, 3.63) is 40.5 Å². The highest BCUT2D eigenvalue weighted by atomic mass is 16.5. The van der Waals surface area contributed by atoms with Crippen molar-refractivity contribution in [2.24, 2.45) is 0 Å². The number of hydrogen-bond acceptors (Lipinski definition) is 5. The maximum Gasteiger partial charge on any atom is 0.271 e. The molecule has 6 nitrogen and oxygen atoms in total. The second-order valence-corrected chi connectivity index (χ2v) is 7.51. The second kappa shape index (κ2) is 9.62. The van der Waals surface area contributed by atoms with E-state index in [2.05, 4.69) is 0 Å². The van der Waals surface area contributed by atoms with Crippen LogP contribution in [0.3, 0.4) is 0 Å². The molecule has 0 radical (unpaired) electrons. The van der Waals surface area contributed by atoms with Gasteiger partial charge in [0.25, 0.3) is 11.8 Å². The van der Waals surface area contributed by atoms with Gasteiger partial charge in [-0.1, -0.05) is 25.3 Å². The van der Waals surface area contributed by atoms with Gasteiger partial charge in [-0.05, 0) is 63.0 Å². The molecule has 1 aliphatic carbocycles. The number of carbonyl (C=O) groups excluding carboxylic acids is 2. The standard InChI is InChI=1S/C24H28N2O4/c1-4-29-21-12-11-17(14-22(21)30-5-2)13-19-16(3)20(15-25)24(28)26(23(19)27)18-9-7-6-8-10-18/h11-14,18H,4-10H2,1-3H3/b19-13+. The molecule has 1 aromatic carbocycles. The Bertz CT molecular complexity index is 933. The van der Waals surface area contributed by atoms with Gasteiger partial charge in [0.2, 0.25) is 0 Å². The fourth-order valence-corrected chi connectivity index (χ4v) is 4.09. The zero-order chi connectivity index (χ0) is 21.7. The average molecular weight is 408 g/mol. The topological polar surface area (TPSA) is 79.6 Å². The Kier molecular flexibility index (Phi) is 6.94. The lowest BCUT2D eigenvalue weighted by Gasteiger charge is -2.36. The Morgan fingerprint density at radius 2 is 1.73 bits per heavy atom. The molecule has 0 N–H and O–H groups in total. The first-order valence-electron chi connectivity index (χ1n) is 10.6. The molecule has 0 aromatic heterocycles. The van der Waals surface area contributed by atoms with Gasteiger partial charge in [-0.2, -0.15) is 5.26 Å². The minimum absolute atomic E-state index is 0.0439. The van der Waals surface area contributed by atoms with E-state index in [9.17, 15) is 14.9 Å². The van der Waals surface area contributed by atoms with Gasteiger partial charge in [-0.15, -0.1) is 0 Å². The number of ether oxygens (including phenoxy) is 2. The van der Waals surface area contributed by atoms with Crippen molar-refractivity contribution < 1.29 is 19.1 Å². The van der Waals surface area contributed by atoms with E-state index in [-0.39, 0.29) is 17.5 Å². The van der Waals surface area contributed by atoms with Crippen molar-refractivity contribution in [3.63, 3.8) is 0 Å². The molecule has 0 bridgehead atoms. The molecule has 1 aliphatic heterocycles. The van der Waals surface area contributed by atoms with Crippen molar-refractivity contribution in [2.45, 2.75) is 58.9 Å². The lowest BCUT2D eigenvalue weighted by Crippen LogP contribution is -2.49. The summed E-state index contributed by atoms with van der Waals surface area (Å²) >= 11 is 0. The van der Waals surface area contributed by atoms with Gasteiger partial charge in [0.05, 0.1) is 13.2 Å². The summed E-state index contributed by atoms with van der Waals surface area (Å²) in [6, 6.07) is 7.34. The van der Waals surface area contributed by atoms with Crippen molar-refractivity contribution >= 4 is 17.9 Å². The van der Waals surface area contributed by atoms with Crippen LogP contribution in [0, 0.1) is 11.3 Å². The number of hydrogen-bond donors (Lipinski definition) is 0. The molecule has 158 valence electrons. The zero-order valence-electron chi connectivity index (χ0n) is 17.9. The number of nitriles is 1. The Balaban J connectivity index is 2.04. The number of imide groups is 1. The van der Waals surface area contributed by atoms with Crippen LogP contribution in [0.2, 0.25) is 0 Å². The lowest BCUT2D eigenvalue weighted by atomic mass is 9.88. The van der Waals surface area contributed by atoms with Gasteiger partial charge < -0.3 is 9.47 Å². The summed E-state index contributed by atoms with van der Waals surface area (Å²) in [7, 11) is 0. The van der Waals surface area contributed by atoms with E-state index in [1.54, 1.807) is 13.0 Å². The highest BCUT2D eigenvalue weighted by Gasteiger charge is 2.39. The van der Waals surface area contributed by atoms with Gasteiger partial charge in [-0.3, -0.25) is 14.5 Å². The first-order chi connectivity index (χ1) is 14.5. The molecule has 0 unspecified atom stereocenters. The van der Waals surface area contributed by atoms with Crippen molar-refractivity contribution in [1.82, 2.24) is 4.90 Å². The van der Waals surface area contributed by atoms with Crippen molar-refractivity contribution in [2.75, 3.05) is 13.2 Å². The Morgan fingerprint density at radius 1 is 1.07 bits per heavy atom. The highest BCUT2D eigenvalue weighted by Crippen LogP contribution is 2.34. The summed E-state index contributed by atoms with van der Waals surface area (Å²) in [5.74, 6) is 0.445. The quantitative estimate of drug-likeness (QED) is 0.515. The van der Waals surface area contributed by atoms with E-state index in [1.165, 1.54) is 4.90 Å². The molecule has 1 aromatic rings. The number of amides is 2. The third-order valence-electron chi connectivity index (χ3n) is 5.59. The normalized spacial score (nSPS) is 19.3. The predicted molar refractivity (Wildman–Crippen MR) is 114 cm³/mol. The molecular formula is C24H28N2O4. The van der Waals surface area contributed by atoms with E-state index in [4.69, 9.17) is 9.47 Å². The first-order valence-corrected chi connectivity index (χ1v) is 10.6. The summed E-state index contributed by atoms with van der Waals surface area (Å²) in [5.41, 5.74) is 1.59. The van der Waals surface area contributed by atoms with Crippen LogP contribution in [0.25, 0.3) is 6.08 Å². The molecule has 0 saturated heterocycles. The molecular weight excluding hydrogens is 380 g/mol. The molecule has 6 heteroatoms. The Hall–Kier alpha value is -3.07. The van der Waals surface area contributed by atoms with Crippen LogP contribution < -0.4 is 9.47 Å². The SMILES string of the molecule is CCOc1ccc(/C=C2/C(=O)N(C3CCCCC3)C(=O)C(C#N)=C2C)cc1OCC. The lowest BCUT2D eigenvalue weighted by molar-refractivity contribution is -0.143. The largest absolute Gasteiger partial charge is 0.490 e. The van der Waals surface area contributed by atoms with E-state index < -0.39 is 5.91 Å². The Labute approximate surface area is 177 Å². The van der Waals surface area contributed by atoms with Crippen LogP contribution >= 0.6 is 0 Å². The third kappa shape index (κ3) is 4.25. The fourth-order valence-electron chi connectivity index (χ4n) is 4.09. The van der Waals surface area contributed by atoms with E-state index in [0.29, 0.717) is 35.9 Å². The molecule has 3 rings (SSSR count). The molecule has 2 amide bonds. The Morgan fingerprint density at radius 3 is 2.37 bits per heavy atom. The number of carbonyl (C=O) groups is 2. The van der Waals surface area contributed by atoms with Crippen LogP contribution in [0.1, 0.15) is 58.4 Å². The molecule has 0 atom stereocenters. The van der Waals surface area contributed by atoms with Gasteiger partial charge in [0.15, 0.2) is 11.5 Å². The molecule has 2 aliphatic rings. The van der Waals surface area contributed by atoms with Gasteiger partial charge >= 0.3 is 0 Å². The van der Waals surface area contributed by atoms with Gasteiger partial charge in [0, 0.05) is 11.6 Å². The van der Waals surface area contributed by atoms with Gasteiger partial charge in [-0.25, -0.2) is 0 Å². The fraction of sp³-hybridized carbons (Fsp3) is 0.458. The predicted octanol–water partition coefficient (Wildman–Crippen LogP) is 4.41. The minimum Gasteiger partial charge on any atom is -0.490 e. The van der Waals surface area contributed by atoms with Crippen molar-refractivity contribution in [1.29, 1.82) is 5.26 Å². The average Bonchev–Trinajstić information content (AvgIpc) is 2.74. The molecule has 1 heterocycles. The number of benzene rings is 1. The first kappa shape index (κ1) is 21.6. The summed E-state index contributed by atoms with van der Waals surface area (Å²) in [6.45, 7) is 6.47. The van der Waals surface area contributed by atoms with E-state index >= 15 is 0 Å². The molecule has 1 saturated carbocycles. The molecule has 1 fully saturated rings. The monoisotopic (exact) mass is 408 g/mol. The third-order valence-corrected chi connectivity index (χ3v) is 5.59. The van der Waals surface area contributed by atoms with Crippen LogP contribution in [0.5, 0.6) is 11.5 Å². The maximum absolute atomic E-state index is 13.3. The highest BCUT2D eigenvalue weighted by molar-refractivity contribution is 6.19. The van der Waals surface area contributed by atoms with Crippen LogP contribution in [-0.4, -0.2) is 36.0 Å². The number of rotatable bonds is 6. The van der Waals surface area contributed by atoms with Crippen LogP contribution in [-0.2, 0) is 9.59 Å². The maximum atomic E-state index is 13.3. The zero-order valence-corrected chi connectivity index (χ0v) is 17.9. The summed E-state index contributed by atoms with van der Waals surface area (Å²) in [4.78, 5) is 27.5. The van der Waals surface area contributed by atoms with Crippen LogP contribution in [0.15, 0.2) is 34.9 Å². The van der Waals surface area contributed by atoms with E-state index in [0.717, 1.165) is 37.7 Å². The van der Waals surface area contributed by atoms with E-state index in [1.807, 2.05) is 38.1 Å². The smallest absolute Gasteiger partial charge is 0.271 e. The van der Waals surface area contributed by atoms with Crippen LogP contribution in [0.4, 0.5) is 0 Å².